The minimum absolute atomic E-state index is 0.0269. The number of carbonyl (C=O) groups excluding carboxylic acids is 2. The number of amides is 2. The molecule has 0 spiro atoms. The van der Waals surface area contributed by atoms with Crippen LogP contribution in [0.15, 0.2) is 48.7 Å². The molecular weight excluding hydrogens is 442 g/mol. The molecule has 31 heavy (non-hydrogen) atoms. The van der Waals surface area contributed by atoms with E-state index in [2.05, 4.69) is 22.2 Å². The molecule has 0 saturated carbocycles. The minimum atomic E-state index is -4.53. The Morgan fingerprint density at radius 1 is 1.16 bits per heavy atom. The van der Waals surface area contributed by atoms with Gasteiger partial charge in [0.05, 0.1) is 5.02 Å². The lowest BCUT2D eigenvalue weighted by Crippen LogP contribution is -2.31. The van der Waals surface area contributed by atoms with Crippen molar-refractivity contribution >= 4 is 23.4 Å². The number of benzene rings is 1. The summed E-state index contributed by atoms with van der Waals surface area (Å²) in [5, 5.41) is 4.96. The third-order valence-corrected chi connectivity index (χ3v) is 4.21. The number of hydrogen-bond acceptors (Lipinski definition) is 4. The summed E-state index contributed by atoms with van der Waals surface area (Å²) in [4.78, 5) is 27.1. The second-order valence-corrected chi connectivity index (χ2v) is 6.71. The fourth-order valence-corrected chi connectivity index (χ4v) is 2.35. The fraction of sp³-hybridized carbons (Fsp3) is 0.250. The summed E-state index contributed by atoms with van der Waals surface area (Å²) in [6.07, 6.45) is -3.37. The van der Waals surface area contributed by atoms with Crippen molar-refractivity contribution < 1.29 is 31.9 Å². The molecular formula is C20H18ClF4N3O3. The zero-order chi connectivity index (χ0) is 23.0. The molecule has 6 nitrogen and oxygen atoms in total. The number of halogens is 5. The topological polar surface area (TPSA) is 80.3 Å². The van der Waals surface area contributed by atoms with Gasteiger partial charge in [0, 0.05) is 30.9 Å². The molecule has 1 aromatic heterocycles. The molecule has 2 rings (SSSR count). The van der Waals surface area contributed by atoms with Crippen LogP contribution in [-0.4, -0.2) is 29.9 Å². The number of pyridine rings is 1. The van der Waals surface area contributed by atoms with Crippen LogP contribution in [0.3, 0.4) is 0 Å². The Kier molecular flexibility index (Phi) is 8.38. The maximum Gasteiger partial charge on any atom is 0.433 e. The summed E-state index contributed by atoms with van der Waals surface area (Å²) in [7, 11) is 0. The van der Waals surface area contributed by atoms with Gasteiger partial charge in [-0.25, -0.2) is 4.39 Å². The Morgan fingerprint density at radius 2 is 1.90 bits per heavy atom. The summed E-state index contributed by atoms with van der Waals surface area (Å²) in [5.41, 5.74) is -0.466. The molecule has 0 bridgehead atoms. The van der Waals surface area contributed by atoms with E-state index in [1.54, 1.807) is 0 Å². The summed E-state index contributed by atoms with van der Waals surface area (Å²) in [5.74, 6) is -1.53. The monoisotopic (exact) mass is 459 g/mol. The van der Waals surface area contributed by atoms with Crippen LogP contribution < -0.4 is 15.4 Å². The van der Waals surface area contributed by atoms with E-state index in [1.165, 1.54) is 18.2 Å². The molecule has 0 aliphatic carbocycles. The highest BCUT2D eigenvalue weighted by molar-refractivity contribution is 6.30. The van der Waals surface area contributed by atoms with E-state index >= 15 is 0 Å². The Hall–Kier alpha value is -3.14. The first-order valence-electron chi connectivity index (χ1n) is 8.89. The molecule has 1 aromatic carbocycles. The SMILES string of the molecule is C=C(CCNC(=O)COc1ccc(Cl)c(F)c1)C(=O)NCc1ccc(C(F)(F)F)nc1. The lowest BCUT2D eigenvalue weighted by Gasteiger charge is -2.10. The number of nitrogens with one attached hydrogen (secondary N) is 2. The van der Waals surface area contributed by atoms with Crippen molar-refractivity contribution in [2.75, 3.05) is 13.2 Å². The zero-order valence-corrected chi connectivity index (χ0v) is 16.8. The van der Waals surface area contributed by atoms with Crippen molar-refractivity contribution in [1.29, 1.82) is 0 Å². The maximum absolute atomic E-state index is 13.3. The maximum atomic E-state index is 13.3. The largest absolute Gasteiger partial charge is 0.484 e. The summed E-state index contributed by atoms with van der Waals surface area (Å²) in [6, 6.07) is 5.80. The third kappa shape index (κ3) is 7.89. The second kappa shape index (κ2) is 10.8. The average molecular weight is 460 g/mol. The molecule has 1 heterocycles. The predicted octanol–water partition coefficient (Wildman–Crippen LogP) is 3.65. The van der Waals surface area contributed by atoms with Crippen LogP contribution in [0.4, 0.5) is 17.6 Å². The zero-order valence-electron chi connectivity index (χ0n) is 16.1. The van der Waals surface area contributed by atoms with Gasteiger partial charge < -0.3 is 15.4 Å². The molecule has 2 aromatic rings. The number of rotatable bonds is 9. The van der Waals surface area contributed by atoms with Crippen molar-refractivity contribution in [3.63, 3.8) is 0 Å². The van der Waals surface area contributed by atoms with Crippen LogP contribution in [0.1, 0.15) is 17.7 Å². The molecule has 0 radical (unpaired) electrons. The molecule has 0 unspecified atom stereocenters. The molecule has 0 aliphatic heterocycles. The lowest BCUT2D eigenvalue weighted by molar-refractivity contribution is -0.141. The number of alkyl halides is 3. The fourth-order valence-electron chi connectivity index (χ4n) is 2.24. The number of ether oxygens (including phenoxy) is 1. The van der Waals surface area contributed by atoms with E-state index in [0.29, 0.717) is 5.56 Å². The highest BCUT2D eigenvalue weighted by Gasteiger charge is 2.31. The van der Waals surface area contributed by atoms with Gasteiger partial charge in [0.25, 0.3) is 5.91 Å². The normalized spacial score (nSPS) is 11.0. The van der Waals surface area contributed by atoms with Gasteiger partial charge in [-0.2, -0.15) is 13.2 Å². The van der Waals surface area contributed by atoms with Crippen LogP contribution in [0.25, 0.3) is 0 Å². The van der Waals surface area contributed by atoms with Crippen molar-refractivity contribution in [2.24, 2.45) is 0 Å². The van der Waals surface area contributed by atoms with E-state index in [9.17, 15) is 27.2 Å². The number of hydrogen-bond donors (Lipinski definition) is 2. The first-order chi connectivity index (χ1) is 14.6. The van der Waals surface area contributed by atoms with Gasteiger partial charge >= 0.3 is 6.18 Å². The average Bonchev–Trinajstić information content (AvgIpc) is 2.72. The Balaban J connectivity index is 1.67. The molecule has 2 amide bonds. The lowest BCUT2D eigenvalue weighted by atomic mass is 10.2. The van der Waals surface area contributed by atoms with Crippen LogP contribution >= 0.6 is 11.6 Å². The summed E-state index contributed by atoms with van der Waals surface area (Å²) in [6.45, 7) is 3.32. The summed E-state index contributed by atoms with van der Waals surface area (Å²) < 4.78 is 55.9. The minimum Gasteiger partial charge on any atom is -0.484 e. The Bertz CT molecular complexity index is 950. The summed E-state index contributed by atoms with van der Waals surface area (Å²) >= 11 is 5.55. The van der Waals surface area contributed by atoms with Gasteiger partial charge in [0.15, 0.2) is 6.61 Å². The number of carbonyl (C=O) groups is 2. The van der Waals surface area contributed by atoms with Crippen LogP contribution in [0.5, 0.6) is 5.75 Å². The Morgan fingerprint density at radius 3 is 2.52 bits per heavy atom. The van der Waals surface area contributed by atoms with E-state index in [-0.39, 0.29) is 42.5 Å². The standard InChI is InChI=1S/C20H18ClF4N3O3/c1-12(19(30)28-10-13-2-5-17(27-9-13)20(23,24)25)6-7-26-18(29)11-31-14-3-4-15(21)16(22)8-14/h2-5,8-9H,1,6-7,10-11H2,(H,26,29)(H,28,30). The van der Waals surface area contributed by atoms with Gasteiger partial charge in [0.2, 0.25) is 5.91 Å². The van der Waals surface area contributed by atoms with E-state index in [4.69, 9.17) is 16.3 Å². The smallest absolute Gasteiger partial charge is 0.433 e. The second-order valence-electron chi connectivity index (χ2n) is 6.30. The van der Waals surface area contributed by atoms with E-state index in [1.807, 2.05) is 0 Å². The van der Waals surface area contributed by atoms with Crippen LogP contribution in [-0.2, 0) is 22.3 Å². The van der Waals surface area contributed by atoms with Crippen LogP contribution in [0.2, 0.25) is 5.02 Å². The number of nitrogens with zero attached hydrogens (tertiary/aromatic N) is 1. The quantitative estimate of drug-likeness (QED) is 0.443. The van der Waals surface area contributed by atoms with Crippen molar-refractivity contribution in [3.8, 4) is 5.75 Å². The van der Waals surface area contributed by atoms with Gasteiger partial charge in [-0.05, 0) is 30.2 Å². The molecule has 0 aliphatic rings. The van der Waals surface area contributed by atoms with E-state index in [0.717, 1.165) is 18.3 Å². The highest BCUT2D eigenvalue weighted by Crippen LogP contribution is 2.27. The van der Waals surface area contributed by atoms with Gasteiger partial charge in [0.1, 0.15) is 17.3 Å². The van der Waals surface area contributed by atoms with Crippen molar-refractivity contribution in [1.82, 2.24) is 15.6 Å². The molecule has 0 fully saturated rings. The van der Waals surface area contributed by atoms with Crippen molar-refractivity contribution in [3.05, 3.63) is 70.8 Å². The molecule has 0 atom stereocenters. The third-order valence-electron chi connectivity index (χ3n) is 3.90. The van der Waals surface area contributed by atoms with Gasteiger partial charge in [-0.15, -0.1) is 0 Å². The molecule has 0 saturated heterocycles. The first kappa shape index (κ1) is 24.1. The molecule has 166 valence electrons. The first-order valence-corrected chi connectivity index (χ1v) is 9.26. The predicted molar refractivity (Wildman–Crippen MR) is 105 cm³/mol. The van der Waals surface area contributed by atoms with Gasteiger partial charge in [-0.1, -0.05) is 24.2 Å². The Labute approximate surface area is 180 Å². The molecule has 2 N–H and O–H groups in total. The van der Waals surface area contributed by atoms with Gasteiger partial charge in [-0.3, -0.25) is 14.6 Å². The van der Waals surface area contributed by atoms with Crippen molar-refractivity contribution in [2.45, 2.75) is 19.1 Å². The highest BCUT2D eigenvalue weighted by atomic mass is 35.5. The van der Waals surface area contributed by atoms with E-state index < -0.39 is 29.5 Å². The number of aromatic nitrogens is 1. The molecule has 11 heteroatoms. The van der Waals surface area contributed by atoms with Crippen LogP contribution in [0, 0.1) is 5.82 Å².